The molecule has 0 amide bonds. The second-order valence-corrected chi connectivity index (χ2v) is 5.47. The van der Waals surface area contributed by atoms with E-state index >= 15 is 0 Å². The van der Waals surface area contributed by atoms with Crippen LogP contribution in [0.15, 0.2) is 24.3 Å². The first-order chi connectivity index (χ1) is 8.79. The molecule has 1 saturated heterocycles. The number of hydrogen-bond donors (Lipinski definition) is 1. The van der Waals surface area contributed by atoms with Crippen LogP contribution in [0, 0.1) is 12.8 Å². The van der Waals surface area contributed by atoms with E-state index in [9.17, 15) is 0 Å². The van der Waals surface area contributed by atoms with Crippen LogP contribution < -0.4 is 5.32 Å². The zero-order chi connectivity index (χ0) is 12.8. The molecule has 2 nitrogen and oxygen atoms in total. The molecule has 1 unspecified atom stereocenters. The normalized spacial score (nSPS) is 20.3. The van der Waals surface area contributed by atoms with Crippen LogP contribution in [0.25, 0.3) is 0 Å². The average molecular weight is 246 g/mol. The highest BCUT2D eigenvalue weighted by molar-refractivity contribution is 5.25. The fraction of sp³-hybridized carbons (Fsp3) is 0.625. The highest BCUT2D eigenvalue weighted by Gasteiger charge is 2.16. The molecule has 100 valence electrons. The van der Waals surface area contributed by atoms with Crippen LogP contribution in [-0.4, -0.2) is 31.1 Å². The van der Waals surface area contributed by atoms with Gasteiger partial charge in [-0.05, 0) is 56.4 Å². The van der Waals surface area contributed by atoms with E-state index < -0.39 is 0 Å². The third-order valence-corrected chi connectivity index (χ3v) is 4.02. The van der Waals surface area contributed by atoms with E-state index in [0.29, 0.717) is 0 Å². The smallest absolute Gasteiger partial charge is 0.0236 e. The first-order valence-electron chi connectivity index (χ1n) is 7.27. The summed E-state index contributed by atoms with van der Waals surface area (Å²) < 4.78 is 0. The number of hydrogen-bond acceptors (Lipinski definition) is 2. The number of piperidine rings is 1. The predicted octanol–water partition coefficient (Wildman–Crippen LogP) is 2.82. The van der Waals surface area contributed by atoms with Gasteiger partial charge in [-0.15, -0.1) is 0 Å². The van der Waals surface area contributed by atoms with Gasteiger partial charge in [-0.1, -0.05) is 31.2 Å². The molecule has 0 aromatic heterocycles. The molecule has 0 radical (unpaired) electrons. The molecule has 1 aromatic carbocycles. The number of benzene rings is 1. The minimum absolute atomic E-state index is 0.836. The van der Waals surface area contributed by atoms with E-state index in [4.69, 9.17) is 0 Å². The van der Waals surface area contributed by atoms with Crippen molar-refractivity contribution in [3.05, 3.63) is 35.4 Å². The average Bonchev–Trinajstić information content (AvgIpc) is 2.41. The number of rotatable bonds is 5. The summed E-state index contributed by atoms with van der Waals surface area (Å²) in [6.07, 6.45) is 2.73. The quantitative estimate of drug-likeness (QED) is 0.859. The van der Waals surface area contributed by atoms with Crippen LogP contribution in [-0.2, 0) is 6.54 Å². The van der Waals surface area contributed by atoms with Gasteiger partial charge in [0.1, 0.15) is 0 Å². The Morgan fingerprint density at radius 2 is 2.17 bits per heavy atom. The molecule has 0 bridgehead atoms. The maximum atomic E-state index is 3.51. The molecule has 1 aromatic rings. The maximum Gasteiger partial charge on any atom is 0.0236 e. The van der Waals surface area contributed by atoms with Gasteiger partial charge in [0, 0.05) is 13.1 Å². The molecule has 1 heterocycles. The van der Waals surface area contributed by atoms with Crippen LogP contribution in [0.4, 0.5) is 0 Å². The Hall–Kier alpha value is -0.860. The molecule has 0 aliphatic carbocycles. The van der Waals surface area contributed by atoms with Gasteiger partial charge < -0.3 is 5.32 Å². The van der Waals surface area contributed by atoms with Crippen LogP contribution in [0.3, 0.4) is 0 Å². The van der Waals surface area contributed by atoms with Gasteiger partial charge in [0.25, 0.3) is 0 Å². The Labute approximate surface area is 111 Å². The van der Waals surface area contributed by atoms with Crippen LogP contribution in [0.2, 0.25) is 0 Å². The van der Waals surface area contributed by atoms with E-state index in [2.05, 4.69) is 48.3 Å². The highest BCUT2D eigenvalue weighted by atomic mass is 15.1. The van der Waals surface area contributed by atoms with Crippen molar-refractivity contribution in [2.24, 2.45) is 5.92 Å². The zero-order valence-corrected chi connectivity index (χ0v) is 11.8. The molecular weight excluding hydrogens is 220 g/mol. The minimum atomic E-state index is 0.836. The van der Waals surface area contributed by atoms with Crippen LogP contribution in [0.5, 0.6) is 0 Å². The van der Waals surface area contributed by atoms with Crippen molar-refractivity contribution in [2.45, 2.75) is 33.2 Å². The number of nitrogens with one attached hydrogen (secondary N) is 1. The largest absolute Gasteiger partial charge is 0.316 e. The summed E-state index contributed by atoms with van der Waals surface area (Å²) in [5.41, 5.74) is 2.89. The van der Waals surface area contributed by atoms with E-state index in [1.54, 1.807) is 0 Å². The monoisotopic (exact) mass is 246 g/mol. The summed E-state index contributed by atoms with van der Waals surface area (Å²) >= 11 is 0. The molecule has 18 heavy (non-hydrogen) atoms. The zero-order valence-electron chi connectivity index (χ0n) is 11.8. The summed E-state index contributed by atoms with van der Waals surface area (Å²) in [5, 5.41) is 3.51. The summed E-state index contributed by atoms with van der Waals surface area (Å²) in [6, 6.07) is 8.75. The molecule has 0 spiro atoms. The lowest BCUT2D eigenvalue weighted by atomic mass is 9.98. The Morgan fingerprint density at radius 1 is 1.33 bits per heavy atom. The van der Waals surface area contributed by atoms with E-state index in [0.717, 1.165) is 19.0 Å². The first kappa shape index (κ1) is 13.6. The third kappa shape index (κ3) is 3.82. The van der Waals surface area contributed by atoms with Crippen molar-refractivity contribution in [3.8, 4) is 0 Å². The fourth-order valence-corrected chi connectivity index (χ4v) is 2.78. The number of aryl methyl sites for hydroxylation is 1. The summed E-state index contributed by atoms with van der Waals surface area (Å²) in [4.78, 5) is 2.58. The molecular formula is C16H26N2. The van der Waals surface area contributed by atoms with Crippen LogP contribution in [0.1, 0.15) is 30.9 Å². The Bertz CT molecular complexity index is 356. The van der Waals surface area contributed by atoms with Crippen molar-refractivity contribution in [2.75, 3.05) is 26.2 Å². The molecule has 1 atom stereocenters. The van der Waals surface area contributed by atoms with Gasteiger partial charge >= 0.3 is 0 Å². The molecule has 2 rings (SSSR count). The van der Waals surface area contributed by atoms with E-state index in [-0.39, 0.29) is 0 Å². The summed E-state index contributed by atoms with van der Waals surface area (Å²) in [5.74, 6) is 0.836. The van der Waals surface area contributed by atoms with Gasteiger partial charge in [0.2, 0.25) is 0 Å². The Balaban J connectivity index is 1.90. The van der Waals surface area contributed by atoms with Crippen molar-refractivity contribution in [1.82, 2.24) is 10.2 Å². The topological polar surface area (TPSA) is 15.3 Å². The first-order valence-corrected chi connectivity index (χ1v) is 7.27. The van der Waals surface area contributed by atoms with Crippen molar-refractivity contribution in [3.63, 3.8) is 0 Å². The maximum absolute atomic E-state index is 3.51. The summed E-state index contributed by atoms with van der Waals surface area (Å²) in [7, 11) is 0. The lowest BCUT2D eigenvalue weighted by Gasteiger charge is -2.29. The molecule has 1 N–H and O–H groups in total. The molecule has 1 fully saturated rings. The van der Waals surface area contributed by atoms with Crippen molar-refractivity contribution < 1.29 is 0 Å². The summed E-state index contributed by atoms with van der Waals surface area (Å²) in [6.45, 7) is 10.4. The Kier molecular flexibility index (Phi) is 5.21. The standard InChI is InChI=1S/C16H26N2/c1-3-18(12-15-8-6-10-17-11-15)13-16-9-5-4-7-14(16)2/h4-5,7,9,15,17H,3,6,8,10-13H2,1-2H3. The third-order valence-electron chi connectivity index (χ3n) is 4.02. The lowest BCUT2D eigenvalue weighted by Crippen LogP contribution is -2.38. The molecule has 0 saturated carbocycles. The SMILES string of the molecule is CCN(Cc1ccccc1C)CC1CCCNC1. The van der Waals surface area contributed by atoms with E-state index in [1.807, 2.05) is 0 Å². The van der Waals surface area contributed by atoms with Crippen molar-refractivity contribution in [1.29, 1.82) is 0 Å². The molecule has 1 aliphatic heterocycles. The minimum Gasteiger partial charge on any atom is -0.316 e. The number of nitrogens with zero attached hydrogens (tertiary/aromatic N) is 1. The highest BCUT2D eigenvalue weighted by Crippen LogP contribution is 2.15. The fourth-order valence-electron chi connectivity index (χ4n) is 2.78. The van der Waals surface area contributed by atoms with Gasteiger partial charge in [-0.2, -0.15) is 0 Å². The van der Waals surface area contributed by atoms with Gasteiger partial charge in [-0.25, -0.2) is 0 Å². The van der Waals surface area contributed by atoms with Gasteiger partial charge in [0.05, 0.1) is 0 Å². The van der Waals surface area contributed by atoms with Crippen LogP contribution >= 0.6 is 0 Å². The molecule has 2 heteroatoms. The predicted molar refractivity (Wildman–Crippen MR) is 77.7 cm³/mol. The van der Waals surface area contributed by atoms with Crippen molar-refractivity contribution >= 4 is 0 Å². The second-order valence-electron chi connectivity index (χ2n) is 5.47. The van der Waals surface area contributed by atoms with Gasteiger partial charge in [0.15, 0.2) is 0 Å². The van der Waals surface area contributed by atoms with Gasteiger partial charge in [-0.3, -0.25) is 4.90 Å². The Morgan fingerprint density at radius 3 is 2.83 bits per heavy atom. The lowest BCUT2D eigenvalue weighted by molar-refractivity contribution is 0.209. The van der Waals surface area contributed by atoms with E-state index in [1.165, 1.54) is 43.6 Å². The molecule has 1 aliphatic rings. The second kappa shape index (κ2) is 6.91.